The van der Waals surface area contributed by atoms with E-state index in [1.807, 2.05) is 0 Å². The second kappa shape index (κ2) is 4.58. The summed E-state index contributed by atoms with van der Waals surface area (Å²) in [5.74, 6) is -2.36. The Kier molecular flexibility index (Phi) is 3.64. The van der Waals surface area contributed by atoms with Crippen LogP contribution in [-0.4, -0.2) is 43.4 Å². The number of hydrogen-bond donors (Lipinski definition) is 0. The lowest BCUT2D eigenvalue weighted by atomic mass is 10.3. The van der Waals surface area contributed by atoms with Gasteiger partial charge in [-0.1, -0.05) is 0 Å². The smallest absolute Gasteiger partial charge is 0.347 e. The first kappa shape index (κ1) is 11.9. The highest BCUT2D eigenvalue weighted by atomic mass is 32.2. The quantitative estimate of drug-likeness (QED) is 0.445. The SMILES string of the molecule is O=C(CCS(=O)(=O)[O-])OC1CCOC1=O. The minimum atomic E-state index is -4.43. The summed E-state index contributed by atoms with van der Waals surface area (Å²) in [7, 11) is -4.43. The predicted molar refractivity (Wildman–Crippen MR) is 44.6 cm³/mol. The van der Waals surface area contributed by atoms with Gasteiger partial charge in [-0.3, -0.25) is 4.79 Å². The number of cyclic esters (lactones) is 1. The lowest BCUT2D eigenvalue weighted by Gasteiger charge is -2.09. The largest absolute Gasteiger partial charge is 0.748 e. The number of carbonyl (C=O) groups excluding carboxylic acids is 2. The van der Waals surface area contributed by atoms with Crippen LogP contribution in [0.5, 0.6) is 0 Å². The van der Waals surface area contributed by atoms with E-state index in [1.54, 1.807) is 0 Å². The third-order valence-corrected chi connectivity index (χ3v) is 2.42. The Labute approximate surface area is 86.1 Å². The summed E-state index contributed by atoms with van der Waals surface area (Å²) >= 11 is 0. The standard InChI is InChI=1S/C7H10O7S/c8-6(2-4-15(10,11)12)14-5-1-3-13-7(5)9/h5H,1-4H2,(H,10,11,12)/p-1. The molecule has 1 atom stereocenters. The molecular weight excluding hydrogens is 228 g/mol. The molecule has 7 nitrogen and oxygen atoms in total. The van der Waals surface area contributed by atoms with E-state index in [9.17, 15) is 22.6 Å². The molecule has 0 N–H and O–H groups in total. The second-order valence-electron chi connectivity index (χ2n) is 2.95. The maximum absolute atomic E-state index is 11.0. The fourth-order valence-electron chi connectivity index (χ4n) is 1.01. The normalized spacial score (nSPS) is 21.1. The van der Waals surface area contributed by atoms with E-state index >= 15 is 0 Å². The highest BCUT2D eigenvalue weighted by Gasteiger charge is 2.29. The van der Waals surface area contributed by atoms with Gasteiger partial charge in [0.15, 0.2) is 0 Å². The fourth-order valence-corrected chi connectivity index (χ4v) is 1.43. The molecule has 1 aliphatic rings. The number of esters is 2. The maximum Gasteiger partial charge on any atom is 0.347 e. The van der Waals surface area contributed by atoms with Crippen molar-refractivity contribution in [1.29, 1.82) is 0 Å². The minimum absolute atomic E-state index is 0.177. The molecule has 0 saturated carbocycles. The van der Waals surface area contributed by atoms with E-state index < -0.39 is 40.3 Å². The van der Waals surface area contributed by atoms with Crippen LogP contribution in [0.2, 0.25) is 0 Å². The molecule has 86 valence electrons. The van der Waals surface area contributed by atoms with Gasteiger partial charge in [-0.05, 0) is 0 Å². The molecule has 1 fully saturated rings. The van der Waals surface area contributed by atoms with Crippen LogP contribution in [0.25, 0.3) is 0 Å². The number of carbonyl (C=O) groups is 2. The number of ether oxygens (including phenoxy) is 2. The molecule has 0 aromatic carbocycles. The van der Waals surface area contributed by atoms with Gasteiger partial charge >= 0.3 is 11.9 Å². The van der Waals surface area contributed by atoms with Crippen molar-refractivity contribution in [1.82, 2.24) is 0 Å². The third kappa shape index (κ3) is 4.26. The molecular formula is C7H9O7S-. The van der Waals surface area contributed by atoms with E-state index in [0.717, 1.165) is 0 Å². The van der Waals surface area contributed by atoms with Crippen molar-refractivity contribution < 1.29 is 32.0 Å². The molecule has 15 heavy (non-hydrogen) atoms. The van der Waals surface area contributed by atoms with Gasteiger partial charge in [0, 0.05) is 12.2 Å². The van der Waals surface area contributed by atoms with Crippen molar-refractivity contribution in [3.8, 4) is 0 Å². The van der Waals surface area contributed by atoms with Crippen molar-refractivity contribution in [2.75, 3.05) is 12.4 Å². The van der Waals surface area contributed by atoms with E-state index in [-0.39, 0.29) is 13.0 Å². The summed E-state index contributed by atoms with van der Waals surface area (Å²) in [4.78, 5) is 21.8. The topological polar surface area (TPSA) is 110 Å². The zero-order valence-electron chi connectivity index (χ0n) is 7.67. The Morgan fingerprint density at radius 3 is 2.73 bits per heavy atom. The van der Waals surface area contributed by atoms with Crippen LogP contribution in [0.3, 0.4) is 0 Å². The van der Waals surface area contributed by atoms with E-state index in [2.05, 4.69) is 9.47 Å². The maximum atomic E-state index is 11.0. The first-order chi connectivity index (χ1) is 6.88. The molecule has 0 aliphatic carbocycles. The van der Waals surface area contributed by atoms with Crippen molar-refractivity contribution in [2.24, 2.45) is 0 Å². The van der Waals surface area contributed by atoms with Gasteiger partial charge in [0.25, 0.3) is 0 Å². The molecule has 1 rings (SSSR count). The van der Waals surface area contributed by atoms with Gasteiger partial charge in [0.1, 0.15) is 0 Å². The fraction of sp³-hybridized carbons (Fsp3) is 0.714. The lowest BCUT2D eigenvalue weighted by Crippen LogP contribution is -2.24. The highest BCUT2D eigenvalue weighted by molar-refractivity contribution is 7.85. The molecule has 1 saturated heterocycles. The van der Waals surface area contributed by atoms with E-state index in [0.29, 0.717) is 0 Å². The number of rotatable bonds is 4. The predicted octanol–water partition coefficient (Wildman–Crippen LogP) is -1.22. The Morgan fingerprint density at radius 1 is 1.60 bits per heavy atom. The number of hydrogen-bond acceptors (Lipinski definition) is 7. The van der Waals surface area contributed by atoms with E-state index in [1.165, 1.54) is 0 Å². The summed E-state index contributed by atoms with van der Waals surface area (Å²) in [6.45, 7) is 0.177. The molecule has 0 bridgehead atoms. The molecule has 1 unspecified atom stereocenters. The molecule has 0 aromatic heterocycles. The highest BCUT2D eigenvalue weighted by Crippen LogP contribution is 2.11. The van der Waals surface area contributed by atoms with Crippen LogP contribution in [0.4, 0.5) is 0 Å². The van der Waals surface area contributed by atoms with Crippen molar-refractivity contribution in [3.05, 3.63) is 0 Å². The van der Waals surface area contributed by atoms with Crippen LogP contribution >= 0.6 is 0 Å². The third-order valence-electron chi connectivity index (χ3n) is 1.72. The van der Waals surface area contributed by atoms with Gasteiger partial charge in [0.2, 0.25) is 6.10 Å². The van der Waals surface area contributed by atoms with Crippen molar-refractivity contribution >= 4 is 22.1 Å². The summed E-state index contributed by atoms with van der Waals surface area (Å²) in [5, 5.41) is 0. The Hall–Kier alpha value is -1.15. The zero-order chi connectivity index (χ0) is 11.5. The second-order valence-corrected chi connectivity index (χ2v) is 4.47. The van der Waals surface area contributed by atoms with Gasteiger partial charge in [-0.25, -0.2) is 13.2 Å². The lowest BCUT2D eigenvalue weighted by molar-refractivity contribution is -0.159. The van der Waals surface area contributed by atoms with Crippen LogP contribution in [0, 0.1) is 0 Å². The first-order valence-corrected chi connectivity index (χ1v) is 5.76. The minimum Gasteiger partial charge on any atom is -0.748 e. The monoisotopic (exact) mass is 237 g/mol. The van der Waals surface area contributed by atoms with Crippen molar-refractivity contribution in [3.63, 3.8) is 0 Å². The van der Waals surface area contributed by atoms with E-state index in [4.69, 9.17) is 0 Å². The molecule has 1 aliphatic heterocycles. The molecule has 0 spiro atoms. The summed E-state index contributed by atoms with van der Waals surface area (Å²) in [5.41, 5.74) is 0. The molecule has 0 amide bonds. The summed E-state index contributed by atoms with van der Waals surface area (Å²) < 4.78 is 39.7. The average Bonchev–Trinajstić information content (AvgIpc) is 2.47. The molecule has 0 radical (unpaired) electrons. The van der Waals surface area contributed by atoms with Crippen LogP contribution in [0.1, 0.15) is 12.8 Å². The molecule has 1 heterocycles. The van der Waals surface area contributed by atoms with Gasteiger partial charge in [0.05, 0.1) is 23.1 Å². The Morgan fingerprint density at radius 2 is 2.27 bits per heavy atom. The van der Waals surface area contributed by atoms with Gasteiger partial charge in [-0.15, -0.1) is 0 Å². The summed E-state index contributed by atoms with van der Waals surface area (Å²) in [6.07, 6.45) is -1.25. The van der Waals surface area contributed by atoms with Gasteiger partial charge in [-0.2, -0.15) is 0 Å². The first-order valence-electron chi connectivity index (χ1n) is 4.18. The Bertz CT molecular complexity index is 358. The van der Waals surface area contributed by atoms with Gasteiger partial charge < -0.3 is 14.0 Å². The zero-order valence-corrected chi connectivity index (χ0v) is 8.49. The summed E-state index contributed by atoms with van der Waals surface area (Å²) in [6, 6.07) is 0. The molecule has 0 aromatic rings. The van der Waals surface area contributed by atoms with Crippen LogP contribution in [0.15, 0.2) is 0 Å². The van der Waals surface area contributed by atoms with Crippen LogP contribution < -0.4 is 0 Å². The average molecular weight is 237 g/mol. The molecule has 8 heteroatoms. The van der Waals surface area contributed by atoms with Crippen LogP contribution in [-0.2, 0) is 29.2 Å². The Balaban J connectivity index is 2.33. The van der Waals surface area contributed by atoms with Crippen molar-refractivity contribution in [2.45, 2.75) is 18.9 Å².